The van der Waals surface area contributed by atoms with Gasteiger partial charge in [0.05, 0.1) is 0 Å². The standard InChI is InChI=1S/C18H28N2O2/c1-5-8-13-9-6-7-10-16(13)19-14-11-15(12-14)20-17(21)22-18(2,3)4/h6-7,9-10,14-15,19H,5,8,11-12H2,1-4H3,(H,20,21). The Balaban J connectivity index is 1.77. The summed E-state index contributed by atoms with van der Waals surface area (Å²) in [6.07, 6.45) is 3.81. The van der Waals surface area contributed by atoms with Crippen molar-refractivity contribution in [3.05, 3.63) is 29.8 Å². The van der Waals surface area contributed by atoms with Gasteiger partial charge in [-0.05, 0) is 51.7 Å². The van der Waals surface area contributed by atoms with Gasteiger partial charge in [-0.3, -0.25) is 0 Å². The van der Waals surface area contributed by atoms with Gasteiger partial charge in [-0.1, -0.05) is 31.5 Å². The summed E-state index contributed by atoms with van der Waals surface area (Å²) in [4.78, 5) is 11.7. The smallest absolute Gasteiger partial charge is 0.407 e. The first kappa shape index (κ1) is 16.7. The number of para-hydroxylation sites is 1. The largest absolute Gasteiger partial charge is 0.444 e. The third-order valence-electron chi connectivity index (χ3n) is 3.76. The van der Waals surface area contributed by atoms with Crippen LogP contribution in [0.5, 0.6) is 0 Å². The van der Waals surface area contributed by atoms with Crippen molar-refractivity contribution in [2.75, 3.05) is 5.32 Å². The zero-order valence-corrected chi connectivity index (χ0v) is 14.1. The second-order valence-corrected chi connectivity index (χ2v) is 7.06. The highest BCUT2D eigenvalue weighted by Gasteiger charge is 2.31. The van der Waals surface area contributed by atoms with E-state index < -0.39 is 5.60 Å². The van der Waals surface area contributed by atoms with Crippen molar-refractivity contribution in [3.8, 4) is 0 Å². The maximum absolute atomic E-state index is 11.7. The Hall–Kier alpha value is -1.71. The average Bonchev–Trinajstić information content (AvgIpc) is 2.36. The van der Waals surface area contributed by atoms with Crippen LogP contribution in [0.3, 0.4) is 0 Å². The van der Waals surface area contributed by atoms with E-state index in [-0.39, 0.29) is 12.1 Å². The number of rotatable bonds is 5. The van der Waals surface area contributed by atoms with Crippen LogP contribution in [0.1, 0.15) is 52.5 Å². The van der Waals surface area contributed by atoms with Gasteiger partial charge in [-0.2, -0.15) is 0 Å². The molecule has 22 heavy (non-hydrogen) atoms. The number of ether oxygens (including phenoxy) is 1. The number of hydrogen-bond donors (Lipinski definition) is 2. The molecule has 0 heterocycles. The van der Waals surface area contributed by atoms with Gasteiger partial charge in [0, 0.05) is 17.8 Å². The number of nitrogens with one attached hydrogen (secondary N) is 2. The number of carbonyl (C=O) groups excluding carboxylic acids is 1. The van der Waals surface area contributed by atoms with Crippen molar-refractivity contribution in [1.82, 2.24) is 5.32 Å². The second kappa shape index (κ2) is 7.03. The fourth-order valence-electron chi connectivity index (χ4n) is 2.70. The van der Waals surface area contributed by atoms with Crippen LogP contribution in [0.4, 0.5) is 10.5 Å². The molecule has 4 nitrogen and oxygen atoms in total. The molecule has 1 aromatic carbocycles. The van der Waals surface area contributed by atoms with Crippen LogP contribution < -0.4 is 10.6 Å². The summed E-state index contributed by atoms with van der Waals surface area (Å²) >= 11 is 0. The molecule has 0 saturated heterocycles. The number of anilines is 1. The van der Waals surface area contributed by atoms with Crippen molar-refractivity contribution in [2.24, 2.45) is 0 Å². The number of amides is 1. The number of alkyl carbamates (subject to hydrolysis) is 1. The zero-order valence-electron chi connectivity index (χ0n) is 14.1. The molecule has 0 bridgehead atoms. The lowest BCUT2D eigenvalue weighted by Gasteiger charge is -2.37. The predicted molar refractivity (Wildman–Crippen MR) is 90.2 cm³/mol. The molecule has 1 fully saturated rings. The average molecular weight is 304 g/mol. The summed E-state index contributed by atoms with van der Waals surface area (Å²) in [6.45, 7) is 7.83. The summed E-state index contributed by atoms with van der Waals surface area (Å²) in [7, 11) is 0. The van der Waals surface area contributed by atoms with Crippen molar-refractivity contribution in [2.45, 2.75) is 71.1 Å². The Morgan fingerprint density at radius 3 is 2.55 bits per heavy atom. The summed E-state index contributed by atoms with van der Waals surface area (Å²) < 4.78 is 5.28. The predicted octanol–water partition coefficient (Wildman–Crippen LogP) is 4.11. The molecular weight excluding hydrogens is 276 g/mol. The van der Waals surface area contributed by atoms with Crippen LogP contribution >= 0.6 is 0 Å². The Morgan fingerprint density at radius 2 is 1.91 bits per heavy atom. The Kier molecular flexibility index (Phi) is 5.33. The van der Waals surface area contributed by atoms with Crippen LogP contribution in [0.15, 0.2) is 24.3 Å². The van der Waals surface area contributed by atoms with Crippen molar-refractivity contribution >= 4 is 11.8 Å². The first-order chi connectivity index (χ1) is 10.4. The monoisotopic (exact) mass is 304 g/mol. The van der Waals surface area contributed by atoms with E-state index in [1.807, 2.05) is 20.8 Å². The molecule has 0 aliphatic heterocycles. The molecular formula is C18H28N2O2. The van der Waals surface area contributed by atoms with E-state index in [9.17, 15) is 4.79 Å². The van der Waals surface area contributed by atoms with E-state index in [4.69, 9.17) is 4.74 Å². The SMILES string of the molecule is CCCc1ccccc1NC1CC(NC(=O)OC(C)(C)C)C1. The van der Waals surface area contributed by atoms with Crippen LogP contribution in [0.25, 0.3) is 0 Å². The molecule has 4 heteroatoms. The van der Waals surface area contributed by atoms with Gasteiger partial charge in [0.25, 0.3) is 0 Å². The van der Waals surface area contributed by atoms with Gasteiger partial charge >= 0.3 is 6.09 Å². The van der Waals surface area contributed by atoms with E-state index in [1.54, 1.807) is 0 Å². The van der Waals surface area contributed by atoms with E-state index in [1.165, 1.54) is 11.3 Å². The fourth-order valence-corrected chi connectivity index (χ4v) is 2.70. The van der Waals surface area contributed by atoms with Gasteiger partial charge in [-0.25, -0.2) is 4.79 Å². The highest BCUT2D eigenvalue weighted by atomic mass is 16.6. The molecule has 0 atom stereocenters. The summed E-state index contributed by atoms with van der Waals surface area (Å²) in [5, 5.41) is 6.52. The lowest BCUT2D eigenvalue weighted by atomic mass is 9.86. The molecule has 122 valence electrons. The third-order valence-corrected chi connectivity index (χ3v) is 3.76. The van der Waals surface area contributed by atoms with Gasteiger partial charge in [0.1, 0.15) is 5.60 Å². The quantitative estimate of drug-likeness (QED) is 0.861. The molecule has 1 saturated carbocycles. The second-order valence-electron chi connectivity index (χ2n) is 7.06. The van der Waals surface area contributed by atoms with Gasteiger partial charge in [-0.15, -0.1) is 0 Å². The molecule has 0 unspecified atom stereocenters. The zero-order chi connectivity index (χ0) is 16.2. The van der Waals surface area contributed by atoms with E-state index in [2.05, 4.69) is 41.8 Å². The van der Waals surface area contributed by atoms with E-state index >= 15 is 0 Å². The Bertz CT molecular complexity index is 502. The fraction of sp³-hybridized carbons (Fsp3) is 0.611. The summed E-state index contributed by atoms with van der Waals surface area (Å²) in [5.41, 5.74) is 2.16. The first-order valence-corrected chi connectivity index (χ1v) is 8.21. The molecule has 1 aliphatic carbocycles. The van der Waals surface area contributed by atoms with Crippen LogP contribution in [-0.4, -0.2) is 23.8 Å². The molecule has 0 radical (unpaired) electrons. The third kappa shape index (κ3) is 4.93. The lowest BCUT2D eigenvalue weighted by molar-refractivity contribution is 0.0475. The Labute approximate surface area is 133 Å². The van der Waals surface area contributed by atoms with Crippen LogP contribution in [-0.2, 0) is 11.2 Å². The Morgan fingerprint density at radius 1 is 1.23 bits per heavy atom. The first-order valence-electron chi connectivity index (χ1n) is 8.21. The van der Waals surface area contributed by atoms with E-state index in [0.29, 0.717) is 6.04 Å². The molecule has 1 aliphatic rings. The lowest BCUT2D eigenvalue weighted by Crippen LogP contribution is -2.50. The van der Waals surface area contributed by atoms with Gasteiger partial charge in [0.15, 0.2) is 0 Å². The normalized spacial score (nSPS) is 20.9. The van der Waals surface area contributed by atoms with Crippen molar-refractivity contribution in [1.29, 1.82) is 0 Å². The number of hydrogen-bond acceptors (Lipinski definition) is 3. The molecule has 1 aromatic rings. The molecule has 0 spiro atoms. The van der Waals surface area contributed by atoms with Gasteiger partial charge < -0.3 is 15.4 Å². The molecule has 2 rings (SSSR count). The molecule has 0 aromatic heterocycles. The van der Waals surface area contributed by atoms with Gasteiger partial charge in [0.2, 0.25) is 0 Å². The summed E-state index contributed by atoms with van der Waals surface area (Å²) in [6, 6.07) is 9.12. The van der Waals surface area contributed by atoms with Crippen LogP contribution in [0.2, 0.25) is 0 Å². The summed E-state index contributed by atoms with van der Waals surface area (Å²) in [5.74, 6) is 0. The minimum Gasteiger partial charge on any atom is -0.444 e. The highest BCUT2D eigenvalue weighted by molar-refractivity contribution is 5.68. The van der Waals surface area contributed by atoms with Crippen LogP contribution in [0, 0.1) is 0 Å². The van der Waals surface area contributed by atoms with Crippen molar-refractivity contribution < 1.29 is 9.53 Å². The highest BCUT2D eigenvalue weighted by Crippen LogP contribution is 2.27. The van der Waals surface area contributed by atoms with E-state index in [0.717, 1.165) is 25.7 Å². The molecule has 1 amide bonds. The minimum absolute atomic E-state index is 0.214. The van der Waals surface area contributed by atoms with Crippen molar-refractivity contribution in [3.63, 3.8) is 0 Å². The number of benzene rings is 1. The topological polar surface area (TPSA) is 50.4 Å². The maximum Gasteiger partial charge on any atom is 0.407 e. The minimum atomic E-state index is -0.440. The molecule has 2 N–H and O–H groups in total. The number of carbonyl (C=O) groups is 1. The maximum atomic E-state index is 11.7. The number of aryl methyl sites for hydroxylation is 1.